The highest BCUT2D eigenvalue weighted by Crippen LogP contribution is 2.06. The van der Waals surface area contributed by atoms with Crippen LogP contribution in [0.2, 0.25) is 0 Å². The number of allylic oxidation sites excluding steroid dienone is 1. The molecule has 0 amide bonds. The molecule has 10 heavy (non-hydrogen) atoms. The van der Waals surface area contributed by atoms with Gasteiger partial charge in [0.05, 0.1) is 5.97 Å². The van der Waals surface area contributed by atoms with Gasteiger partial charge in [0.2, 0.25) is 0 Å². The molecule has 0 aliphatic carbocycles. The summed E-state index contributed by atoms with van der Waals surface area (Å²) in [5.74, 6) is -1.17. The second-order valence-corrected chi connectivity index (χ2v) is 2.35. The summed E-state index contributed by atoms with van der Waals surface area (Å²) in [4.78, 5) is 10.1. The van der Waals surface area contributed by atoms with E-state index in [2.05, 4.69) is 13.2 Å². The minimum Gasteiger partial charge on any atom is -0.545 e. The predicted octanol–water partition coefficient (Wildman–Crippen LogP) is 0.649. The Kier molecular flexibility index (Phi) is 3.47. The van der Waals surface area contributed by atoms with E-state index in [1.165, 1.54) is 0 Å². The molecular weight excluding hydrogens is 128 g/mol. The van der Waals surface area contributed by atoms with E-state index in [1.54, 1.807) is 0 Å². The standard InChI is InChI=1S/C8H12O2/c1-6(2)4-5-7(3)8(9)10/h1,3-5H2,2H3,(H,9,10)/p-1. The highest BCUT2D eigenvalue weighted by Gasteiger charge is 1.93. The van der Waals surface area contributed by atoms with Gasteiger partial charge in [-0.3, -0.25) is 0 Å². The molecule has 0 unspecified atom stereocenters. The number of carbonyl (C=O) groups is 1. The van der Waals surface area contributed by atoms with Gasteiger partial charge in [-0.15, -0.1) is 6.58 Å². The molecule has 2 nitrogen and oxygen atoms in total. The van der Waals surface area contributed by atoms with E-state index < -0.39 is 5.97 Å². The van der Waals surface area contributed by atoms with E-state index in [0.29, 0.717) is 12.8 Å². The molecule has 0 heterocycles. The summed E-state index contributed by atoms with van der Waals surface area (Å²) in [5.41, 5.74) is 1.10. The third kappa shape index (κ3) is 3.89. The van der Waals surface area contributed by atoms with Crippen molar-refractivity contribution in [2.45, 2.75) is 19.8 Å². The number of rotatable bonds is 4. The van der Waals surface area contributed by atoms with Crippen molar-refractivity contribution in [3.8, 4) is 0 Å². The molecule has 0 aromatic carbocycles. The van der Waals surface area contributed by atoms with Gasteiger partial charge < -0.3 is 9.90 Å². The molecule has 2 heteroatoms. The maximum absolute atomic E-state index is 10.1. The average Bonchev–Trinajstić information content (AvgIpc) is 1.82. The molecule has 0 atom stereocenters. The monoisotopic (exact) mass is 139 g/mol. The van der Waals surface area contributed by atoms with Crippen molar-refractivity contribution < 1.29 is 9.90 Å². The van der Waals surface area contributed by atoms with Gasteiger partial charge in [-0.25, -0.2) is 0 Å². The summed E-state index contributed by atoms with van der Waals surface area (Å²) in [6.07, 6.45) is 1.12. The average molecular weight is 139 g/mol. The van der Waals surface area contributed by atoms with E-state index >= 15 is 0 Å². The summed E-state index contributed by atoms with van der Waals surface area (Å²) >= 11 is 0. The first-order chi connectivity index (χ1) is 4.54. The number of aliphatic carboxylic acids is 1. The zero-order valence-electron chi connectivity index (χ0n) is 6.14. The molecule has 0 aromatic heterocycles. The molecule has 0 aliphatic heterocycles. The number of carbonyl (C=O) groups excluding carboxylic acids is 1. The molecule has 0 fully saturated rings. The second-order valence-electron chi connectivity index (χ2n) is 2.35. The third-order valence-electron chi connectivity index (χ3n) is 1.14. The van der Waals surface area contributed by atoms with Crippen molar-refractivity contribution in [1.82, 2.24) is 0 Å². The summed E-state index contributed by atoms with van der Waals surface area (Å²) in [6, 6.07) is 0. The number of carboxylic acid groups (broad SMARTS) is 1. The fourth-order valence-electron chi connectivity index (χ4n) is 0.466. The Hall–Kier alpha value is -1.05. The SMILES string of the molecule is C=C(C)CCC(=C)C(=O)[O-]. The third-order valence-corrected chi connectivity index (χ3v) is 1.14. The second kappa shape index (κ2) is 3.88. The fourth-order valence-corrected chi connectivity index (χ4v) is 0.466. The van der Waals surface area contributed by atoms with Crippen LogP contribution in [0.3, 0.4) is 0 Å². The van der Waals surface area contributed by atoms with Crippen molar-refractivity contribution in [3.05, 3.63) is 24.3 Å². The van der Waals surface area contributed by atoms with Gasteiger partial charge in [0.15, 0.2) is 0 Å². The fraction of sp³-hybridized carbons (Fsp3) is 0.375. The summed E-state index contributed by atoms with van der Waals surface area (Å²) in [5, 5.41) is 10.1. The van der Waals surface area contributed by atoms with Crippen LogP contribution < -0.4 is 5.11 Å². The molecule has 0 aromatic rings. The number of hydrogen-bond acceptors (Lipinski definition) is 2. The van der Waals surface area contributed by atoms with Crippen LogP contribution >= 0.6 is 0 Å². The largest absolute Gasteiger partial charge is 0.545 e. The molecule has 0 saturated heterocycles. The molecule has 0 radical (unpaired) electrons. The molecule has 0 N–H and O–H groups in total. The molecule has 0 aliphatic rings. The first-order valence-electron chi connectivity index (χ1n) is 3.07. The van der Waals surface area contributed by atoms with Crippen LogP contribution in [0.4, 0.5) is 0 Å². The van der Waals surface area contributed by atoms with Crippen molar-refractivity contribution in [3.63, 3.8) is 0 Å². The van der Waals surface area contributed by atoms with E-state index in [-0.39, 0.29) is 5.57 Å². The van der Waals surface area contributed by atoms with Gasteiger partial charge in [-0.1, -0.05) is 12.2 Å². The van der Waals surface area contributed by atoms with Gasteiger partial charge in [0, 0.05) is 0 Å². The Labute approximate surface area is 60.9 Å². The Morgan fingerprint density at radius 3 is 2.20 bits per heavy atom. The lowest BCUT2D eigenvalue weighted by Gasteiger charge is -2.04. The highest BCUT2D eigenvalue weighted by molar-refractivity contribution is 5.83. The zero-order chi connectivity index (χ0) is 8.15. The quantitative estimate of drug-likeness (QED) is 0.423. The summed E-state index contributed by atoms with van der Waals surface area (Å²) in [6.45, 7) is 8.80. The van der Waals surface area contributed by atoms with Gasteiger partial charge in [-0.05, 0) is 25.3 Å². The normalized spacial score (nSPS) is 8.90. The lowest BCUT2D eigenvalue weighted by atomic mass is 10.1. The Bertz CT molecular complexity index is 168. The van der Waals surface area contributed by atoms with E-state index in [9.17, 15) is 9.90 Å². The minimum absolute atomic E-state index is 0.142. The summed E-state index contributed by atoms with van der Waals surface area (Å²) < 4.78 is 0. The topological polar surface area (TPSA) is 40.1 Å². The van der Waals surface area contributed by atoms with Crippen LogP contribution in [-0.2, 0) is 4.79 Å². The van der Waals surface area contributed by atoms with Gasteiger partial charge in [-0.2, -0.15) is 0 Å². The Morgan fingerprint density at radius 2 is 1.90 bits per heavy atom. The van der Waals surface area contributed by atoms with Crippen LogP contribution in [0.15, 0.2) is 24.3 Å². The van der Waals surface area contributed by atoms with Crippen molar-refractivity contribution >= 4 is 5.97 Å². The van der Waals surface area contributed by atoms with Gasteiger partial charge >= 0.3 is 0 Å². The Morgan fingerprint density at radius 1 is 1.40 bits per heavy atom. The van der Waals surface area contributed by atoms with Crippen LogP contribution in [0, 0.1) is 0 Å². The first kappa shape index (κ1) is 8.95. The molecule has 0 bridgehead atoms. The van der Waals surface area contributed by atoms with E-state index in [4.69, 9.17) is 0 Å². The lowest BCUT2D eigenvalue weighted by molar-refractivity contribution is -0.299. The van der Waals surface area contributed by atoms with E-state index in [0.717, 1.165) is 5.57 Å². The van der Waals surface area contributed by atoms with Crippen molar-refractivity contribution in [2.75, 3.05) is 0 Å². The predicted molar refractivity (Wildman–Crippen MR) is 38.2 cm³/mol. The molecule has 0 spiro atoms. The smallest absolute Gasteiger partial charge is 0.0669 e. The van der Waals surface area contributed by atoms with Crippen molar-refractivity contribution in [1.29, 1.82) is 0 Å². The maximum atomic E-state index is 10.1. The Balaban J connectivity index is 3.60. The van der Waals surface area contributed by atoms with Crippen molar-refractivity contribution in [2.24, 2.45) is 0 Å². The first-order valence-corrected chi connectivity index (χ1v) is 3.07. The number of hydrogen-bond donors (Lipinski definition) is 0. The summed E-state index contributed by atoms with van der Waals surface area (Å²) in [7, 11) is 0. The highest BCUT2D eigenvalue weighted by atomic mass is 16.4. The van der Waals surface area contributed by atoms with Gasteiger partial charge in [0.25, 0.3) is 0 Å². The maximum Gasteiger partial charge on any atom is 0.0669 e. The van der Waals surface area contributed by atoms with Crippen LogP contribution in [0.25, 0.3) is 0 Å². The van der Waals surface area contributed by atoms with E-state index in [1.807, 2.05) is 6.92 Å². The minimum atomic E-state index is -1.17. The molecule has 0 rings (SSSR count). The van der Waals surface area contributed by atoms with Crippen LogP contribution in [0.1, 0.15) is 19.8 Å². The molecular formula is C8H11O2-. The lowest BCUT2D eigenvalue weighted by Crippen LogP contribution is -2.23. The number of carboxylic acids is 1. The zero-order valence-corrected chi connectivity index (χ0v) is 6.14. The molecule has 56 valence electrons. The molecule has 0 saturated carbocycles. The van der Waals surface area contributed by atoms with Gasteiger partial charge in [0.1, 0.15) is 0 Å². The van der Waals surface area contributed by atoms with Crippen LogP contribution in [-0.4, -0.2) is 5.97 Å². The van der Waals surface area contributed by atoms with Crippen LogP contribution in [0.5, 0.6) is 0 Å².